The summed E-state index contributed by atoms with van der Waals surface area (Å²) >= 11 is 0. The molecule has 0 aliphatic carbocycles. The number of hydrogen-bond donors (Lipinski definition) is 2. The quantitative estimate of drug-likeness (QED) is 0.722. The first-order valence-electron chi connectivity index (χ1n) is 6.95. The second kappa shape index (κ2) is 5.50. The summed E-state index contributed by atoms with van der Waals surface area (Å²) in [6.45, 7) is 1.63. The number of aliphatic hydroxyl groups is 1. The first-order valence-corrected chi connectivity index (χ1v) is 6.95. The number of nitrogens with one attached hydrogen (secondary N) is 1. The monoisotopic (exact) mass is 280 g/mol. The van der Waals surface area contributed by atoms with Gasteiger partial charge in [-0.1, -0.05) is 31.2 Å². The van der Waals surface area contributed by atoms with Gasteiger partial charge in [0.2, 0.25) is 0 Å². The Morgan fingerprint density at radius 1 is 1.24 bits per heavy atom. The molecule has 0 saturated carbocycles. The van der Waals surface area contributed by atoms with Crippen LogP contribution in [0.1, 0.15) is 22.8 Å². The Labute approximate surface area is 122 Å². The van der Waals surface area contributed by atoms with Crippen molar-refractivity contribution >= 4 is 16.8 Å². The maximum atomic E-state index is 11.6. The zero-order chi connectivity index (χ0) is 14.8. The molecule has 0 saturated heterocycles. The summed E-state index contributed by atoms with van der Waals surface area (Å²) < 4.78 is 0. The van der Waals surface area contributed by atoms with Gasteiger partial charge in [-0.2, -0.15) is 0 Å². The number of Topliss-reactive ketones (excluding diaryl/α,β-unsaturated/α-hetero) is 1. The van der Waals surface area contributed by atoms with Crippen LogP contribution >= 0.6 is 0 Å². The number of aliphatic hydroxyl groups excluding tert-OH is 1. The molecule has 0 fully saturated rings. The predicted octanol–water partition coefficient (Wildman–Crippen LogP) is 2.97. The normalized spacial score (nSPS) is 11.0. The number of carbonyl (C=O) groups is 1. The van der Waals surface area contributed by atoms with Crippen molar-refractivity contribution < 1.29 is 9.90 Å². The van der Waals surface area contributed by atoms with E-state index in [0.29, 0.717) is 5.56 Å². The summed E-state index contributed by atoms with van der Waals surface area (Å²) in [5, 5.41) is 8.94. The van der Waals surface area contributed by atoms with Crippen LogP contribution in [-0.2, 0) is 6.42 Å². The lowest BCUT2D eigenvalue weighted by molar-refractivity contribution is 0.0904. The van der Waals surface area contributed by atoms with E-state index >= 15 is 0 Å². The van der Waals surface area contributed by atoms with Crippen LogP contribution in [0.15, 0.2) is 42.5 Å². The third-order valence-corrected chi connectivity index (χ3v) is 3.60. The predicted molar refractivity (Wildman–Crippen MR) is 82.3 cm³/mol. The molecule has 2 aromatic carbocycles. The number of nitrogens with zero attached hydrogens (tertiary/aromatic N) is 1. The highest BCUT2D eigenvalue weighted by molar-refractivity contribution is 5.99. The van der Waals surface area contributed by atoms with Gasteiger partial charge in [-0.05, 0) is 30.2 Å². The van der Waals surface area contributed by atoms with E-state index in [2.05, 4.69) is 23.0 Å². The van der Waals surface area contributed by atoms with Crippen LogP contribution in [0.3, 0.4) is 0 Å². The van der Waals surface area contributed by atoms with Crippen LogP contribution in [0.4, 0.5) is 0 Å². The molecule has 0 aliphatic rings. The van der Waals surface area contributed by atoms with Crippen molar-refractivity contribution in [3.05, 3.63) is 53.6 Å². The highest BCUT2D eigenvalue weighted by Gasteiger charge is 2.11. The zero-order valence-electron chi connectivity index (χ0n) is 11.8. The number of aromatic amines is 1. The van der Waals surface area contributed by atoms with Gasteiger partial charge in [0.1, 0.15) is 12.4 Å². The number of H-pyrrole nitrogens is 1. The third-order valence-electron chi connectivity index (χ3n) is 3.60. The van der Waals surface area contributed by atoms with Crippen LogP contribution < -0.4 is 0 Å². The van der Waals surface area contributed by atoms with Crippen molar-refractivity contribution in [1.29, 1.82) is 0 Å². The molecular weight excluding hydrogens is 264 g/mol. The Balaban J connectivity index is 2.11. The van der Waals surface area contributed by atoms with E-state index in [9.17, 15) is 4.79 Å². The van der Waals surface area contributed by atoms with Gasteiger partial charge in [0.25, 0.3) is 0 Å². The van der Waals surface area contributed by atoms with Gasteiger partial charge in [0, 0.05) is 11.1 Å². The largest absolute Gasteiger partial charge is 0.388 e. The maximum absolute atomic E-state index is 11.6. The lowest BCUT2D eigenvalue weighted by Crippen LogP contribution is -2.03. The lowest BCUT2D eigenvalue weighted by atomic mass is 10.1. The van der Waals surface area contributed by atoms with Gasteiger partial charge >= 0.3 is 0 Å². The summed E-state index contributed by atoms with van der Waals surface area (Å²) in [4.78, 5) is 19.4. The summed E-state index contributed by atoms with van der Waals surface area (Å²) in [7, 11) is 0. The third kappa shape index (κ3) is 2.45. The molecule has 1 aromatic heterocycles. The molecule has 4 nitrogen and oxygen atoms in total. The molecule has 106 valence electrons. The maximum Gasteiger partial charge on any atom is 0.188 e. The summed E-state index contributed by atoms with van der Waals surface area (Å²) in [6.07, 6.45) is 0.932. The second-order valence-electron chi connectivity index (χ2n) is 4.91. The van der Waals surface area contributed by atoms with Gasteiger partial charge in [0.05, 0.1) is 11.0 Å². The average Bonchev–Trinajstić information content (AvgIpc) is 2.96. The van der Waals surface area contributed by atoms with Gasteiger partial charge in [-0.25, -0.2) is 4.98 Å². The Morgan fingerprint density at radius 2 is 2.05 bits per heavy atom. The van der Waals surface area contributed by atoms with Crippen LogP contribution in [0.5, 0.6) is 0 Å². The molecule has 0 bridgehead atoms. The summed E-state index contributed by atoms with van der Waals surface area (Å²) in [5.74, 6) is 0.512. The molecule has 0 aliphatic heterocycles. The zero-order valence-corrected chi connectivity index (χ0v) is 11.8. The molecule has 0 atom stereocenters. The molecule has 0 radical (unpaired) electrons. The fraction of sp³-hybridized carbons (Fsp3) is 0.176. The number of hydrogen-bond acceptors (Lipinski definition) is 3. The van der Waals surface area contributed by atoms with E-state index in [1.165, 1.54) is 5.56 Å². The lowest BCUT2D eigenvalue weighted by Gasteiger charge is -2.03. The number of aromatic nitrogens is 2. The number of benzene rings is 2. The molecular formula is C17H16N2O2. The highest BCUT2D eigenvalue weighted by Crippen LogP contribution is 2.24. The standard InChI is InChI=1S/C17H16N2O2/c1-2-11-5-3-4-6-13(11)17-18-14-8-7-12(16(21)10-20)9-15(14)19-17/h3-9,20H,2,10H2,1H3,(H,18,19). The number of fused-ring (bicyclic) bond motifs is 1. The molecule has 3 rings (SSSR count). The van der Waals surface area contributed by atoms with Crippen molar-refractivity contribution in [3.8, 4) is 11.4 Å². The number of ketones is 1. The van der Waals surface area contributed by atoms with Crippen LogP contribution in [-0.4, -0.2) is 27.5 Å². The number of rotatable bonds is 4. The minimum absolute atomic E-state index is 0.290. The SMILES string of the molecule is CCc1ccccc1-c1nc2ccc(C(=O)CO)cc2[nH]1. The molecule has 1 heterocycles. The molecule has 0 amide bonds. The van der Waals surface area contributed by atoms with E-state index in [4.69, 9.17) is 5.11 Å². The van der Waals surface area contributed by atoms with Crippen LogP contribution in [0.2, 0.25) is 0 Å². The molecule has 21 heavy (non-hydrogen) atoms. The van der Waals surface area contributed by atoms with E-state index < -0.39 is 6.61 Å². The van der Waals surface area contributed by atoms with Gasteiger partial charge in [0.15, 0.2) is 5.78 Å². The van der Waals surface area contributed by atoms with Gasteiger partial charge in [-0.15, -0.1) is 0 Å². The molecule has 0 unspecified atom stereocenters. The number of carbonyl (C=O) groups excluding carboxylic acids is 1. The van der Waals surface area contributed by atoms with Crippen molar-refractivity contribution in [2.75, 3.05) is 6.61 Å². The molecule has 0 spiro atoms. The Hall–Kier alpha value is -2.46. The smallest absolute Gasteiger partial charge is 0.188 e. The molecule has 2 N–H and O–H groups in total. The Bertz CT molecular complexity index is 805. The van der Waals surface area contributed by atoms with Crippen molar-refractivity contribution in [2.24, 2.45) is 0 Å². The first kappa shape index (κ1) is 13.5. The number of imidazole rings is 1. The second-order valence-corrected chi connectivity index (χ2v) is 4.91. The van der Waals surface area contributed by atoms with Gasteiger partial charge < -0.3 is 10.1 Å². The highest BCUT2D eigenvalue weighted by atomic mass is 16.3. The van der Waals surface area contributed by atoms with E-state index in [-0.39, 0.29) is 5.78 Å². The minimum Gasteiger partial charge on any atom is -0.388 e. The Kier molecular flexibility index (Phi) is 3.54. The fourth-order valence-corrected chi connectivity index (χ4v) is 2.46. The molecule has 4 heteroatoms. The van der Waals surface area contributed by atoms with Crippen LogP contribution in [0.25, 0.3) is 22.4 Å². The first-order chi connectivity index (χ1) is 10.2. The van der Waals surface area contributed by atoms with Crippen molar-refractivity contribution in [1.82, 2.24) is 9.97 Å². The van der Waals surface area contributed by atoms with E-state index in [1.807, 2.05) is 18.2 Å². The minimum atomic E-state index is -0.481. The summed E-state index contributed by atoms with van der Waals surface area (Å²) in [5.41, 5.74) is 4.40. The van der Waals surface area contributed by atoms with Crippen molar-refractivity contribution in [3.63, 3.8) is 0 Å². The average molecular weight is 280 g/mol. The topological polar surface area (TPSA) is 66.0 Å². The fourth-order valence-electron chi connectivity index (χ4n) is 2.46. The molecule has 3 aromatic rings. The van der Waals surface area contributed by atoms with Gasteiger partial charge in [-0.3, -0.25) is 4.79 Å². The van der Waals surface area contributed by atoms with Crippen molar-refractivity contribution in [2.45, 2.75) is 13.3 Å². The van der Waals surface area contributed by atoms with E-state index in [1.54, 1.807) is 18.2 Å². The van der Waals surface area contributed by atoms with Crippen LogP contribution in [0, 0.1) is 0 Å². The summed E-state index contributed by atoms with van der Waals surface area (Å²) in [6, 6.07) is 13.4. The number of aryl methyl sites for hydroxylation is 1. The Morgan fingerprint density at radius 3 is 2.81 bits per heavy atom. The van der Waals surface area contributed by atoms with E-state index in [0.717, 1.165) is 28.8 Å².